The first kappa shape index (κ1) is 29.4. The zero-order chi connectivity index (χ0) is 28.9. The molecule has 1 unspecified atom stereocenters. The van der Waals surface area contributed by atoms with Crippen LogP contribution in [0.2, 0.25) is 0 Å². The van der Waals surface area contributed by atoms with E-state index in [0.29, 0.717) is 47.9 Å². The van der Waals surface area contributed by atoms with E-state index in [1.54, 1.807) is 29.6 Å². The van der Waals surface area contributed by atoms with Gasteiger partial charge in [0.2, 0.25) is 5.91 Å². The number of carbonyl (C=O) groups excluding carboxylic acids is 3. The van der Waals surface area contributed by atoms with Crippen molar-refractivity contribution < 1.29 is 29.0 Å². The number of hydrogen-bond acceptors (Lipinski definition) is 14. The number of carbonyl (C=O) groups is 4. The van der Waals surface area contributed by atoms with Gasteiger partial charge in [-0.2, -0.15) is 0 Å². The highest BCUT2D eigenvalue weighted by atomic mass is 32.2. The molecule has 2 aliphatic rings. The van der Waals surface area contributed by atoms with Crippen LogP contribution < -0.4 is 11.1 Å². The number of aromatic nitrogens is 3. The third-order valence-electron chi connectivity index (χ3n) is 5.79. The average molecular weight is 651 g/mol. The topological polar surface area (TPSA) is 178 Å². The monoisotopic (exact) mass is 650 g/mol. The zero-order valence-electron chi connectivity index (χ0n) is 21.1. The van der Waals surface area contributed by atoms with E-state index in [-0.39, 0.29) is 30.6 Å². The van der Waals surface area contributed by atoms with Gasteiger partial charge < -0.3 is 20.9 Å². The number of nitrogens with zero attached hydrogens (tertiary/aromatic N) is 4. The number of rotatable bonds is 12. The molecule has 1 aromatic carbocycles. The Kier molecular flexibility index (Phi) is 9.49. The van der Waals surface area contributed by atoms with Gasteiger partial charge in [-0.05, 0) is 17.7 Å². The summed E-state index contributed by atoms with van der Waals surface area (Å²) in [6.45, 7) is 0.221. The van der Waals surface area contributed by atoms with Crippen molar-refractivity contribution in [2.75, 3.05) is 29.6 Å². The summed E-state index contributed by atoms with van der Waals surface area (Å²) < 4.78 is 6.63. The van der Waals surface area contributed by atoms with Crippen molar-refractivity contribution in [3.63, 3.8) is 0 Å². The molecule has 0 radical (unpaired) electrons. The lowest BCUT2D eigenvalue weighted by molar-refractivity contribution is -0.150. The first-order valence-corrected chi connectivity index (χ1v) is 16.7. The molecule has 0 bridgehead atoms. The standard InChI is InChI=1S/C24H22N6O6S5/c25-22-26-14(11-39-22)8-15(31)27-16-18(32)30-17(20(33)34)13(9-38-19(16)30)10-40-24-29-28-23(41-24)37-7-6-36-21(35)12-4-2-1-3-5-12/h1-5,11,16,19H,6-10H2,(H2,25,26)(H,27,31)(H,33,34)/t16?,19-/m0/s1. The molecule has 3 aromatic rings. The molecular formula is C24H22N6O6S5. The quantitative estimate of drug-likeness (QED) is 0.113. The van der Waals surface area contributed by atoms with Gasteiger partial charge in [0.05, 0.1) is 17.7 Å². The molecule has 12 nitrogen and oxygen atoms in total. The number of carboxylic acids is 1. The van der Waals surface area contributed by atoms with E-state index < -0.39 is 23.3 Å². The van der Waals surface area contributed by atoms with E-state index in [1.165, 1.54) is 62.9 Å². The summed E-state index contributed by atoms with van der Waals surface area (Å²) in [6, 6.07) is 7.95. The lowest BCUT2D eigenvalue weighted by atomic mass is 10.0. The van der Waals surface area contributed by atoms with Crippen LogP contribution in [0.3, 0.4) is 0 Å². The number of esters is 1. The van der Waals surface area contributed by atoms with Crippen LogP contribution in [0.25, 0.3) is 0 Å². The van der Waals surface area contributed by atoms with Crippen molar-refractivity contribution in [2.24, 2.45) is 0 Å². The molecule has 2 aliphatic heterocycles. The molecule has 2 atom stereocenters. The molecule has 41 heavy (non-hydrogen) atoms. The Labute approximate surface area is 254 Å². The number of β-lactam (4-membered cyclic amide) rings is 1. The maximum atomic E-state index is 12.9. The Hall–Kier alpha value is -3.12. The van der Waals surface area contributed by atoms with Crippen LogP contribution in [-0.4, -0.2) is 84.2 Å². The molecule has 2 amide bonds. The number of amides is 2. The SMILES string of the molecule is Nc1nc(CC(=O)NC2C(=O)N3C(C(=O)O)=C(CSc4nnc(SCCOC(=O)c5ccccc5)s4)CS[C@@H]23)cs1. The normalized spacial score (nSPS) is 18.0. The molecule has 0 saturated carbocycles. The molecular weight excluding hydrogens is 629 g/mol. The summed E-state index contributed by atoms with van der Waals surface area (Å²) in [5.74, 6) is -1.19. The number of nitrogens with one attached hydrogen (secondary N) is 1. The van der Waals surface area contributed by atoms with Crippen LogP contribution in [0.4, 0.5) is 5.13 Å². The summed E-state index contributed by atoms with van der Waals surface area (Å²) in [5, 5.41) is 22.5. The highest BCUT2D eigenvalue weighted by molar-refractivity contribution is 8.03. The number of carboxylic acid groups (broad SMARTS) is 1. The van der Waals surface area contributed by atoms with Gasteiger partial charge >= 0.3 is 11.9 Å². The van der Waals surface area contributed by atoms with Crippen LogP contribution in [0.1, 0.15) is 16.1 Å². The Balaban J connectivity index is 1.11. The lowest BCUT2D eigenvalue weighted by Crippen LogP contribution is -2.70. The van der Waals surface area contributed by atoms with Gasteiger partial charge in [-0.15, -0.1) is 33.3 Å². The van der Waals surface area contributed by atoms with E-state index in [4.69, 9.17) is 10.5 Å². The molecule has 5 rings (SSSR count). The van der Waals surface area contributed by atoms with Crippen molar-refractivity contribution in [3.8, 4) is 0 Å². The van der Waals surface area contributed by atoms with Crippen molar-refractivity contribution in [2.45, 2.75) is 26.5 Å². The number of thiazole rings is 1. The molecule has 0 spiro atoms. The Morgan fingerprint density at radius 3 is 2.63 bits per heavy atom. The minimum absolute atomic E-state index is 0.0145. The van der Waals surface area contributed by atoms with Gasteiger partial charge in [0.1, 0.15) is 23.7 Å². The van der Waals surface area contributed by atoms with Crippen LogP contribution in [-0.2, 0) is 25.5 Å². The maximum absolute atomic E-state index is 12.9. The predicted octanol–water partition coefficient (Wildman–Crippen LogP) is 2.60. The minimum atomic E-state index is -1.19. The van der Waals surface area contributed by atoms with Crippen LogP contribution >= 0.6 is 58.0 Å². The fourth-order valence-corrected chi connectivity index (χ4v) is 8.93. The summed E-state index contributed by atoms with van der Waals surface area (Å²) in [4.78, 5) is 54.7. The second kappa shape index (κ2) is 13.2. The third-order valence-corrected chi connectivity index (χ3v) is 11.1. The first-order chi connectivity index (χ1) is 19.8. The Morgan fingerprint density at radius 1 is 1.17 bits per heavy atom. The number of nitrogen functional groups attached to an aromatic ring is 1. The van der Waals surface area contributed by atoms with Gasteiger partial charge in [0.25, 0.3) is 5.91 Å². The number of ether oxygens (including phenoxy) is 1. The lowest BCUT2D eigenvalue weighted by Gasteiger charge is -2.49. The zero-order valence-corrected chi connectivity index (χ0v) is 25.1. The molecule has 4 heterocycles. The summed E-state index contributed by atoms with van der Waals surface area (Å²) in [6.07, 6.45) is -0.0145. The number of aliphatic carboxylic acids is 1. The van der Waals surface area contributed by atoms with Crippen LogP contribution in [0.15, 0.2) is 55.7 Å². The van der Waals surface area contributed by atoms with Crippen molar-refractivity contribution in [1.29, 1.82) is 0 Å². The van der Waals surface area contributed by atoms with E-state index in [2.05, 4.69) is 20.5 Å². The summed E-state index contributed by atoms with van der Waals surface area (Å²) >= 11 is 6.74. The summed E-state index contributed by atoms with van der Waals surface area (Å²) in [5.41, 5.74) is 7.15. The van der Waals surface area contributed by atoms with Crippen LogP contribution in [0, 0.1) is 0 Å². The Bertz CT molecular complexity index is 1490. The van der Waals surface area contributed by atoms with E-state index >= 15 is 0 Å². The van der Waals surface area contributed by atoms with Gasteiger partial charge in [-0.3, -0.25) is 14.5 Å². The predicted molar refractivity (Wildman–Crippen MR) is 158 cm³/mol. The molecule has 214 valence electrons. The highest BCUT2D eigenvalue weighted by Crippen LogP contribution is 2.42. The fraction of sp³-hybridized carbons (Fsp3) is 0.292. The van der Waals surface area contributed by atoms with Crippen molar-refractivity contribution in [3.05, 3.63) is 58.2 Å². The number of thioether (sulfide) groups is 3. The maximum Gasteiger partial charge on any atom is 0.352 e. The van der Waals surface area contributed by atoms with Crippen molar-refractivity contribution in [1.82, 2.24) is 25.4 Å². The third kappa shape index (κ3) is 7.03. The molecule has 0 aliphatic carbocycles. The van der Waals surface area contributed by atoms with Gasteiger partial charge in [-0.1, -0.05) is 53.1 Å². The number of benzene rings is 1. The fourth-order valence-electron chi connectivity index (χ4n) is 3.97. The van der Waals surface area contributed by atoms with Crippen molar-refractivity contribution >= 4 is 86.8 Å². The molecule has 17 heteroatoms. The highest BCUT2D eigenvalue weighted by Gasteiger charge is 2.54. The molecule has 4 N–H and O–H groups in total. The number of hydrogen-bond donors (Lipinski definition) is 3. The number of fused-ring (bicyclic) bond motifs is 1. The smallest absolute Gasteiger partial charge is 0.352 e. The second-order valence-electron chi connectivity index (χ2n) is 8.54. The first-order valence-electron chi connectivity index (χ1n) is 12.0. The largest absolute Gasteiger partial charge is 0.477 e. The van der Waals surface area contributed by atoms with Gasteiger partial charge in [0, 0.05) is 22.6 Å². The number of nitrogens with two attached hydrogens (primary N) is 1. The number of anilines is 1. The van der Waals surface area contributed by atoms with E-state index in [0.717, 1.165) is 0 Å². The van der Waals surface area contributed by atoms with Crippen LogP contribution in [0.5, 0.6) is 0 Å². The molecule has 1 saturated heterocycles. The van der Waals surface area contributed by atoms with E-state index in [1.807, 2.05) is 6.07 Å². The molecule has 1 fully saturated rings. The average Bonchev–Trinajstić information content (AvgIpc) is 3.60. The molecule has 2 aromatic heterocycles. The second-order valence-corrected chi connectivity index (χ2v) is 14.1. The van der Waals surface area contributed by atoms with Gasteiger partial charge in [-0.25, -0.2) is 14.6 Å². The summed E-state index contributed by atoms with van der Waals surface area (Å²) in [7, 11) is 0. The Morgan fingerprint density at radius 2 is 1.93 bits per heavy atom. The minimum Gasteiger partial charge on any atom is -0.477 e. The van der Waals surface area contributed by atoms with Gasteiger partial charge in [0.15, 0.2) is 13.8 Å². The van der Waals surface area contributed by atoms with E-state index in [9.17, 15) is 24.3 Å².